The number of β-amino-alcohol motifs (C(OH)–C–C–N with tert-alkyl or cyclic N) is 1. The van der Waals surface area contributed by atoms with Crippen LogP contribution in [-0.2, 0) is 28.4 Å². The summed E-state index contributed by atoms with van der Waals surface area (Å²) in [5.74, 6) is -3.42. The van der Waals surface area contributed by atoms with Crippen molar-refractivity contribution < 1.29 is 90.8 Å². The largest absolute Gasteiger partial charge is 0.492 e. The maximum absolute atomic E-state index is 14.5. The first-order valence-corrected chi connectivity index (χ1v) is 39.8. The van der Waals surface area contributed by atoms with E-state index in [2.05, 4.69) is 42.5 Å². The van der Waals surface area contributed by atoms with Crippen molar-refractivity contribution in [1.29, 1.82) is 0 Å². The number of aliphatic hydroxyl groups excluding tert-OH is 1. The number of carbonyl (C=O) groups excluding carboxylic acids is 8. The maximum atomic E-state index is 14.5. The molecule has 31 heteroatoms. The van der Waals surface area contributed by atoms with Gasteiger partial charge in [0.1, 0.15) is 23.0 Å². The summed E-state index contributed by atoms with van der Waals surface area (Å²) in [7, 11) is 3.21. The second kappa shape index (κ2) is 55.0. The summed E-state index contributed by atoms with van der Waals surface area (Å²) in [5.41, 5.74) is 1.20. The summed E-state index contributed by atoms with van der Waals surface area (Å²) in [6, 6.07) is 19.3. The van der Waals surface area contributed by atoms with Gasteiger partial charge in [-0.1, -0.05) is 77.6 Å². The average molecular weight is 1570 g/mol. The lowest BCUT2D eigenvalue weighted by Gasteiger charge is -2.30. The van der Waals surface area contributed by atoms with Crippen LogP contribution in [0, 0.1) is 0 Å². The molecule has 0 fully saturated rings. The third-order valence-corrected chi connectivity index (χ3v) is 18.4. The molecule has 31 nitrogen and oxygen atoms in total. The van der Waals surface area contributed by atoms with E-state index in [0.717, 1.165) is 25.7 Å². The van der Waals surface area contributed by atoms with E-state index in [-0.39, 0.29) is 186 Å². The number of aliphatic hydroxyl groups is 1. The summed E-state index contributed by atoms with van der Waals surface area (Å²) < 4.78 is 58.1. The molecule has 4 aromatic rings. The molecule has 0 saturated carbocycles. The van der Waals surface area contributed by atoms with E-state index < -0.39 is 53.4 Å². The Kier molecular flexibility index (Phi) is 45.3. The predicted molar refractivity (Wildman–Crippen MR) is 425 cm³/mol. The highest BCUT2D eigenvalue weighted by Crippen LogP contribution is 2.29. The van der Waals surface area contributed by atoms with Gasteiger partial charge in [0.25, 0.3) is 47.3 Å². The van der Waals surface area contributed by atoms with E-state index in [4.69, 9.17) is 47.4 Å². The van der Waals surface area contributed by atoms with Crippen LogP contribution in [-0.4, -0.2) is 316 Å². The zero-order valence-corrected chi connectivity index (χ0v) is 66.8. The average Bonchev–Trinajstić information content (AvgIpc) is 0.836. The molecule has 0 saturated heterocycles. The standard InChI is InChI=1S/C81H124N12O19/c1-7-11-45-109-70-62-19-15-23-66(70)78(99)86-31-39-92(40-32-87-79(100)67-24-16-20-63(71(67)110-46-12-8-2)75(96)83-28-36-90(35-27-82-74(62)95)43-49-105-55-57-107-53-51-103-5)59-61(94)60-93-41-33-88-80(101)68-25-17-21-64(72(68)111-47-13-9-3)76(97)84-29-37-91(44-50-106-56-58-108-54-52-104-6)38-30-85-77(98)65-22-18-26-69(81(102)89-34-42-93)73(65)112-48-14-10-4/h15-26,61,94H,7-14,27-60H2,1-6H3,(H,82,95)(H,83,96)(H,84,97)(H,85,98)(H,86,99)(H,87,100)(H,88,101)(H,89,102). The number of carbonyl (C=O) groups is 8. The van der Waals surface area contributed by atoms with Gasteiger partial charge in [0.05, 0.1) is 143 Å². The van der Waals surface area contributed by atoms with Gasteiger partial charge in [0, 0.05) is 145 Å². The van der Waals surface area contributed by atoms with Crippen molar-refractivity contribution >= 4 is 47.3 Å². The van der Waals surface area contributed by atoms with Gasteiger partial charge in [-0.3, -0.25) is 58.0 Å². The monoisotopic (exact) mass is 1570 g/mol. The van der Waals surface area contributed by atoms with Crippen molar-refractivity contribution in [2.45, 2.75) is 85.2 Å². The van der Waals surface area contributed by atoms with E-state index in [1.54, 1.807) is 87.0 Å². The molecular formula is C81H124N12O19. The minimum atomic E-state index is -1.14. The molecule has 8 bridgehead atoms. The highest BCUT2D eigenvalue weighted by Gasteiger charge is 2.28. The minimum Gasteiger partial charge on any atom is -0.492 e. The number of amides is 8. The van der Waals surface area contributed by atoms with Crippen molar-refractivity contribution in [2.24, 2.45) is 0 Å². The highest BCUT2D eigenvalue weighted by molar-refractivity contribution is 6.07. The lowest BCUT2D eigenvalue weighted by molar-refractivity contribution is 0.0196. The van der Waals surface area contributed by atoms with Crippen LogP contribution in [0.2, 0.25) is 0 Å². The van der Waals surface area contributed by atoms with E-state index >= 15 is 0 Å². The Balaban J connectivity index is 1.29. The summed E-state index contributed by atoms with van der Waals surface area (Å²) in [4.78, 5) is 123. The molecule has 0 spiro atoms. The minimum absolute atomic E-state index is 0.0172. The van der Waals surface area contributed by atoms with Crippen LogP contribution in [0.25, 0.3) is 0 Å². The van der Waals surface area contributed by atoms with Gasteiger partial charge in [-0.2, -0.15) is 0 Å². The summed E-state index contributed by atoms with van der Waals surface area (Å²) >= 11 is 0. The number of hydrogen-bond acceptors (Lipinski definition) is 23. The molecule has 6 rings (SSSR count). The number of ether oxygens (including phenoxy) is 10. The van der Waals surface area contributed by atoms with Crippen molar-refractivity contribution in [2.75, 3.05) is 238 Å². The van der Waals surface area contributed by atoms with Gasteiger partial charge in [0.15, 0.2) is 0 Å². The number of nitrogens with one attached hydrogen (secondary N) is 8. The normalized spacial score (nSPS) is 16.1. The number of benzene rings is 4. The zero-order valence-electron chi connectivity index (χ0n) is 66.8. The first kappa shape index (κ1) is 92.3. The second-order valence-corrected chi connectivity index (χ2v) is 27.0. The molecule has 0 atom stereocenters. The second-order valence-electron chi connectivity index (χ2n) is 27.0. The van der Waals surface area contributed by atoms with Gasteiger partial charge in [0.2, 0.25) is 0 Å². The third kappa shape index (κ3) is 33.2. The SMILES string of the molecule is CCCCOc1c2cccc1C(=O)NCCN(CC(O)CN1CCNC(=O)c3cccc(c3OCCCC)C(=O)NCCN(CCOCCOCCOC)CCNC(=O)c3cccc(c3OCCCC)C(=O)NCC1)CCNC(=O)c1cccc(c1OCCCC)C(=O)NCCN(CCOCCOCCOC)CCNC2=O. The molecule has 4 aromatic carbocycles. The number of unbranched alkanes of at least 4 members (excludes halogenated alkanes) is 4. The lowest BCUT2D eigenvalue weighted by atomic mass is 10.1. The van der Waals surface area contributed by atoms with Crippen molar-refractivity contribution in [3.8, 4) is 23.0 Å². The maximum Gasteiger partial charge on any atom is 0.255 e. The molecule has 9 N–H and O–H groups in total. The van der Waals surface area contributed by atoms with Crippen molar-refractivity contribution in [3.05, 3.63) is 117 Å². The van der Waals surface area contributed by atoms with Crippen LogP contribution in [0.15, 0.2) is 72.8 Å². The van der Waals surface area contributed by atoms with Crippen molar-refractivity contribution in [3.63, 3.8) is 0 Å². The van der Waals surface area contributed by atoms with Crippen LogP contribution in [0.5, 0.6) is 23.0 Å². The van der Waals surface area contributed by atoms with Crippen LogP contribution >= 0.6 is 0 Å². The first-order chi connectivity index (χ1) is 54.7. The summed E-state index contributed by atoms with van der Waals surface area (Å²) in [6.07, 6.45) is 4.62. The number of rotatable bonds is 38. The van der Waals surface area contributed by atoms with Crippen LogP contribution in [0.4, 0.5) is 0 Å². The fourth-order valence-corrected chi connectivity index (χ4v) is 12.1. The summed E-state index contributed by atoms with van der Waals surface area (Å²) in [6.45, 7) is 16.6. The Morgan fingerprint density at radius 3 is 0.696 bits per heavy atom. The summed E-state index contributed by atoms with van der Waals surface area (Å²) in [5, 5.41) is 36.4. The van der Waals surface area contributed by atoms with Gasteiger partial charge in [-0.25, -0.2) is 0 Å². The molecule has 0 aromatic heterocycles. The molecular weight excluding hydrogens is 1440 g/mol. The molecule has 0 radical (unpaired) electrons. The van der Waals surface area contributed by atoms with E-state index in [1.807, 2.05) is 47.3 Å². The molecule has 622 valence electrons. The predicted octanol–water partition coefficient (Wildman–Crippen LogP) is 4.30. The molecule has 8 amide bonds. The zero-order chi connectivity index (χ0) is 80.3. The number of methoxy groups -OCH3 is 2. The Bertz CT molecular complexity index is 3070. The Morgan fingerprint density at radius 2 is 0.491 bits per heavy atom. The fraction of sp³-hybridized carbons (Fsp3) is 0.605. The molecule has 0 aliphatic carbocycles. The molecule has 112 heavy (non-hydrogen) atoms. The quantitative estimate of drug-likeness (QED) is 0.0282. The van der Waals surface area contributed by atoms with Crippen LogP contribution in [0.1, 0.15) is 162 Å². The number of fused-ring (bicyclic) bond motifs is 8. The third-order valence-electron chi connectivity index (χ3n) is 18.4. The van der Waals surface area contributed by atoms with E-state index in [9.17, 15) is 43.5 Å². The smallest absolute Gasteiger partial charge is 0.255 e. The van der Waals surface area contributed by atoms with Gasteiger partial charge < -0.3 is 95.0 Å². The van der Waals surface area contributed by atoms with Gasteiger partial charge >= 0.3 is 0 Å². The highest BCUT2D eigenvalue weighted by atomic mass is 16.5. The Morgan fingerprint density at radius 1 is 0.295 bits per heavy atom. The number of nitrogens with zero attached hydrogens (tertiary/aromatic N) is 4. The van der Waals surface area contributed by atoms with Crippen LogP contribution < -0.4 is 61.5 Å². The molecule has 2 heterocycles. The van der Waals surface area contributed by atoms with E-state index in [1.165, 1.54) is 0 Å². The number of hydrogen-bond donors (Lipinski definition) is 9. The van der Waals surface area contributed by atoms with Crippen LogP contribution in [0.3, 0.4) is 0 Å². The van der Waals surface area contributed by atoms with Gasteiger partial charge in [-0.15, -0.1) is 0 Å². The molecule has 0 unspecified atom stereocenters. The fourth-order valence-electron chi connectivity index (χ4n) is 12.1. The Labute approximate surface area is 660 Å². The topological polar surface area (TPSA) is 358 Å². The molecule has 2 aliphatic heterocycles. The van der Waals surface area contributed by atoms with Crippen molar-refractivity contribution in [1.82, 2.24) is 62.1 Å². The van der Waals surface area contributed by atoms with E-state index in [0.29, 0.717) is 131 Å². The number of para-hydroxylation sites is 4. The molecule has 2 aliphatic rings. The van der Waals surface area contributed by atoms with Gasteiger partial charge in [-0.05, 0) is 74.2 Å². The first-order valence-electron chi connectivity index (χ1n) is 39.8. The Hall–Kier alpha value is -8.60. The lowest BCUT2D eigenvalue weighted by Crippen LogP contribution is -2.47.